The van der Waals surface area contributed by atoms with Crippen LogP contribution in [0, 0.1) is 35.5 Å². The number of hydrogen-bond donors (Lipinski definition) is 0. The molecule has 25 heavy (non-hydrogen) atoms. The molecule has 4 fully saturated rings. The first-order valence-electron chi connectivity index (χ1n) is 11.2. The summed E-state index contributed by atoms with van der Waals surface area (Å²) in [5.74, 6) is 5.73. The summed E-state index contributed by atoms with van der Waals surface area (Å²) in [5, 5.41) is 0. The van der Waals surface area contributed by atoms with E-state index in [2.05, 4.69) is 26.0 Å². The normalized spacial score (nSPS) is 45.4. The molecule has 0 N–H and O–H groups in total. The van der Waals surface area contributed by atoms with E-state index >= 15 is 0 Å². The Morgan fingerprint density at radius 1 is 0.840 bits per heavy atom. The van der Waals surface area contributed by atoms with E-state index in [1.807, 2.05) is 0 Å². The van der Waals surface area contributed by atoms with Crippen LogP contribution in [-0.4, -0.2) is 21.8 Å². The van der Waals surface area contributed by atoms with Gasteiger partial charge in [0.05, 0.1) is 0 Å². The highest BCUT2D eigenvalue weighted by molar-refractivity contribution is 6.70. The van der Waals surface area contributed by atoms with Crippen LogP contribution in [0.25, 0.3) is 0 Å². The number of hydrogen-bond acceptors (Lipinski definition) is 2. The minimum absolute atomic E-state index is 0.762. The molecule has 0 aromatic rings. The minimum atomic E-state index is -2.13. The maximum Gasteiger partial charge on any atom is 0.344 e. The predicted octanol–water partition coefficient (Wildman–Crippen LogP) is 5.68. The average Bonchev–Trinajstić information content (AvgIpc) is 3.40. The summed E-state index contributed by atoms with van der Waals surface area (Å²) in [4.78, 5) is 0. The molecule has 0 heterocycles. The summed E-state index contributed by atoms with van der Waals surface area (Å²) in [7, 11) is -2.13. The van der Waals surface area contributed by atoms with Crippen LogP contribution in [-0.2, 0) is 8.85 Å². The van der Waals surface area contributed by atoms with Gasteiger partial charge < -0.3 is 8.85 Å². The van der Waals surface area contributed by atoms with Crippen LogP contribution in [0.4, 0.5) is 0 Å². The Kier molecular flexibility index (Phi) is 4.42. The molecule has 0 aromatic heterocycles. The van der Waals surface area contributed by atoms with Gasteiger partial charge in [0.2, 0.25) is 0 Å². The lowest BCUT2D eigenvalue weighted by atomic mass is 9.73. The second-order valence-electron chi connectivity index (χ2n) is 9.53. The van der Waals surface area contributed by atoms with E-state index < -0.39 is 8.56 Å². The van der Waals surface area contributed by atoms with E-state index in [1.165, 1.54) is 51.4 Å². The Bertz CT molecular complexity index is 520. The molecular formula is C22H36O2Si. The van der Waals surface area contributed by atoms with Crippen molar-refractivity contribution in [2.24, 2.45) is 35.5 Å². The minimum Gasteiger partial charge on any atom is -0.394 e. The molecule has 0 saturated heterocycles. The molecule has 7 atom stereocenters. The Morgan fingerprint density at radius 3 is 2.20 bits per heavy atom. The van der Waals surface area contributed by atoms with Crippen molar-refractivity contribution in [2.45, 2.75) is 76.3 Å². The van der Waals surface area contributed by atoms with Crippen molar-refractivity contribution in [2.75, 3.05) is 13.2 Å². The molecule has 7 unspecified atom stereocenters. The third-order valence-electron chi connectivity index (χ3n) is 8.70. The second kappa shape index (κ2) is 6.49. The van der Waals surface area contributed by atoms with Gasteiger partial charge in [-0.05, 0) is 81.5 Å². The lowest BCUT2D eigenvalue weighted by Gasteiger charge is -2.48. The van der Waals surface area contributed by atoms with Crippen molar-refractivity contribution in [1.29, 1.82) is 0 Å². The molecule has 0 aromatic carbocycles. The molecule has 0 aliphatic heterocycles. The van der Waals surface area contributed by atoms with Crippen LogP contribution in [0.1, 0.15) is 65.2 Å². The van der Waals surface area contributed by atoms with Crippen LogP contribution >= 0.6 is 0 Å². The molecule has 2 nitrogen and oxygen atoms in total. The fourth-order valence-electron chi connectivity index (χ4n) is 8.23. The summed E-state index contributed by atoms with van der Waals surface area (Å²) in [5.41, 5.74) is 1.55. The lowest BCUT2D eigenvalue weighted by molar-refractivity contribution is 0.119. The van der Waals surface area contributed by atoms with Gasteiger partial charge in [0, 0.05) is 24.3 Å². The predicted molar refractivity (Wildman–Crippen MR) is 104 cm³/mol. The monoisotopic (exact) mass is 360 g/mol. The quantitative estimate of drug-likeness (QED) is 0.344. The summed E-state index contributed by atoms with van der Waals surface area (Å²) in [6, 6.07) is 0. The first kappa shape index (κ1) is 17.0. The van der Waals surface area contributed by atoms with Crippen LogP contribution < -0.4 is 0 Å². The van der Waals surface area contributed by atoms with Gasteiger partial charge in [-0.2, -0.15) is 0 Å². The number of rotatable bonds is 6. The van der Waals surface area contributed by atoms with Crippen molar-refractivity contribution < 1.29 is 8.85 Å². The van der Waals surface area contributed by atoms with Gasteiger partial charge in [-0.25, -0.2) is 0 Å². The van der Waals surface area contributed by atoms with Gasteiger partial charge >= 0.3 is 8.56 Å². The standard InChI is InChI=1S/C22H36O2Si/c1-3-23-25(24-4-2,18-8-6-5-7-9-18)20-14-17-13-19(20)22-16-11-10-15(12-16)21(17)22/h10-11,15-22H,3-9,12-14H2,1-2H3. The summed E-state index contributed by atoms with van der Waals surface area (Å²) < 4.78 is 13.5. The van der Waals surface area contributed by atoms with Crippen molar-refractivity contribution in [1.82, 2.24) is 0 Å². The van der Waals surface area contributed by atoms with E-state index in [0.717, 1.165) is 59.8 Å². The Balaban J connectivity index is 1.46. The van der Waals surface area contributed by atoms with E-state index in [-0.39, 0.29) is 0 Å². The SMILES string of the molecule is CCO[Si](OCC)(C1CCCCC1)C1CC2CC1C1C3C=CC(C3)C21. The van der Waals surface area contributed by atoms with Crippen LogP contribution in [0.3, 0.4) is 0 Å². The van der Waals surface area contributed by atoms with Gasteiger partial charge in [0.15, 0.2) is 0 Å². The molecule has 4 bridgehead atoms. The van der Waals surface area contributed by atoms with Crippen molar-refractivity contribution in [3.05, 3.63) is 12.2 Å². The molecule has 0 spiro atoms. The molecule has 5 rings (SSSR count). The van der Waals surface area contributed by atoms with Crippen LogP contribution in [0.2, 0.25) is 11.1 Å². The fraction of sp³-hybridized carbons (Fsp3) is 0.909. The molecule has 5 aliphatic rings. The fourth-order valence-corrected chi connectivity index (χ4v) is 13.5. The van der Waals surface area contributed by atoms with E-state index in [4.69, 9.17) is 8.85 Å². The maximum absolute atomic E-state index is 6.77. The van der Waals surface area contributed by atoms with Crippen LogP contribution in [0.5, 0.6) is 0 Å². The number of allylic oxidation sites excluding steroid dienone is 2. The lowest BCUT2D eigenvalue weighted by Crippen LogP contribution is -2.55. The molecular weight excluding hydrogens is 324 g/mol. The van der Waals surface area contributed by atoms with Crippen molar-refractivity contribution >= 4 is 8.56 Å². The second-order valence-corrected chi connectivity index (χ2v) is 13.1. The third kappa shape index (κ3) is 2.41. The van der Waals surface area contributed by atoms with Gasteiger partial charge in [-0.15, -0.1) is 0 Å². The van der Waals surface area contributed by atoms with Gasteiger partial charge in [0.25, 0.3) is 0 Å². The Labute approximate surface area is 155 Å². The highest BCUT2D eigenvalue weighted by Crippen LogP contribution is 2.71. The summed E-state index contributed by atoms with van der Waals surface area (Å²) in [6.45, 7) is 6.13. The average molecular weight is 361 g/mol. The zero-order valence-corrected chi connectivity index (χ0v) is 17.2. The number of fused-ring (bicyclic) bond motifs is 9. The van der Waals surface area contributed by atoms with Crippen molar-refractivity contribution in [3.8, 4) is 0 Å². The zero-order valence-electron chi connectivity index (χ0n) is 16.2. The summed E-state index contributed by atoms with van der Waals surface area (Å²) in [6.07, 6.45) is 16.5. The summed E-state index contributed by atoms with van der Waals surface area (Å²) >= 11 is 0. The first-order valence-corrected chi connectivity index (χ1v) is 13.2. The highest BCUT2D eigenvalue weighted by Gasteiger charge is 2.67. The van der Waals surface area contributed by atoms with E-state index in [0.29, 0.717) is 0 Å². The van der Waals surface area contributed by atoms with E-state index in [9.17, 15) is 0 Å². The van der Waals surface area contributed by atoms with Gasteiger partial charge in [0.1, 0.15) is 0 Å². The van der Waals surface area contributed by atoms with Gasteiger partial charge in [-0.1, -0.05) is 31.4 Å². The molecule has 0 amide bonds. The molecule has 140 valence electrons. The topological polar surface area (TPSA) is 18.5 Å². The zero-order chi connectivity index (χ0) is 17.0. The van der Waals surface area contributed by atoms with Crippen molar-refractivity contribution in [3.63, 3.8) is 0 Å². The molecule has 0 radical (unpaired) electrons. The first-order chi connectivity index (χ1) is 12.3. The molecule has 4 saturated carbocycles. The Morgan fingerprint density at radius 2 is 1.52 bits per heavy atom. The van der Waals surface area contributed by atoms with Crippen LogP contribution in [0.15, 0.2) is 12.2 Å². The maximum atomic E-state index is 6.77. The largest absolute Gasteiger partial charge is 0.394 e. The molecule has 5 aliphatic carbocycles. The smallest absolute Gasteiger partial charge is 0.344 e. The molecule has 3 heteroatoms. The highest BCUT2D eigenvalue weighted by atomic mass is 28.4. The Hall–Kier alpha value is -0.123. The van der Waals surface area contributed by atoms with E-state index in [1.54, 1.807) is 0 Å². The third-order valence-corrected chi connectivity index (χ3v) is 13.6. The van der Waals surface area contributed by atoms with Gasteiger partial charge in [-0.3, -0.25) is 0 Å².